The van der Waals surface area contributed by atoms with Crippen molar-refractivity contribution in [2.75, 3.05) is 6.54 Å². The molecule has 0 aromatic heterocycles. The Morgan fingerprint density at radius 3 is 2.56 bits per heavy atom. The van der Waals surface area contributed by atoms with Crippen LogP contribution in [-0.2, 0) is 0 Å². The second-order valence-electron chi connectivity index (χ2n) is 5.20. The molecular weight excluding hydrogens is 293 g/mol. The van der Waals surface area contributed by atoms with Crippen LogP contribution in [0.5, 0.6) is 0 Å². The van der Waals surface area contributed by atoms with Gasteiger partial charge in [-0.25, -0.2) is 4.97 Å². The number of aliphatic hydroxyl groups is 1. The highest BCUT2D eigenvalue weighted by atomic mass is 79.9. The van der Waals surface area contributed by atoms with Crippen molar-refractivity contribution < 1.29 is 10.3 Å². The molecule has 0 aliphatic carbocycles. The number of halogens is 1. The van der Waals surface area contributed by atoms with Crippen molar-refractivity contribution in [3.05, 3.63) is 28.7 Å². The summed E-state index contributed by atoms with van der Waals surface area (Å²) < 4.78 is 1.00. The molecule has 2 N–H and O–H groups in total. The van der Waals surface area contributed by atoms with E-state index in [0.717, 1.165) is 29.2 Å². The first kappa shape index (κ1) is 14.1. The third-order valence-electron chi connectivity index (χ3n) is 3.70. The highest BCUT2D eigenvalue weighted by Crippen LogP contribution is 2.19. The van der Waals surface area contributed by atoms with Gasteiger partial charge in [0.15, 0.2) is 0 Å². The Bertz CT molecular complexity index is 373. The van der Waals surface area contributed by atoms with E-state index in [2.05, 4.69) is 22.9 Å². The number of hydrogen-bond donors (Lipinski definition) is 2. The van der Waals surface area contributed by atoms with E-state index in [1.165, 1.54) is 4.97 Å². The minimum Gasteiger partial charge on any atom is -0.399 e. The van der Waals surface area contributed by atoms with Crippen LogP contribution < -0.4 is 5.46 Å². The molecule has 3 nitrogen and oxygen atoms in total. The Balaban J connectivity index is 2.19. The number of aliphatic hydroxyl groups excluding tert-OH is 1. The molecule has 0 amide bonds. The normalized spacial score (nSPS) is 26.8. The lowest BCUT2D eigenvalue weighted by molar-refractivity contribution is -0.0204. The molecular formula is C13H19BBrNO2. The van der Waals surface area contributed by atoms with E-state index >= 15 is 0 Å². The van der Waals surface area contributed by atoms with Gasteiger partial charge in [0.2, 0.25) is 0 Å². The highest BCUT2D eigenvalue weighted by Gasteiger charge is 2.34. The predicted octanol–water partition coefficient (Wildman–Crippen LogP) is 2.06. The maximum absolute atomic E-state index is 10.3. The van der Waals surface area contributed by atoms with Crippen LogP contribution in [0.4, 0.5) is 0 Å². The minimum atomic E-state index is -0.515. The molecule has 1 fully saturated rings. The second-order valence-corrected chi connectivity index (χ2v) is 6.11. The smallest absolute Gasteiger partial charge is 0.317 e. The quantitative estimate of drug-likeness (QED) is 0.780. The third-order valence-corrected chi connectivity index (χ3v) is 4.23. The standard InChI is InChI=1S/C13H19BBrNO2/c1-10-2-7-13(17)14(16(18)9-8-10)11-3-5-12(15)6-4-11/h3-6,10,13,17-18H,2,7-9H2,1H3. The van der Waals surface area contributed by atoms with Gasteiger partial charge in [0.25, 0.3) is 0 Å². The fraction of sp³-hybridized carbons (Fsp3) is 0.538. The van der Waals surface area contributed by atoms with Crippen LogP contribution >= 0.6 is 15.9 Å². The fourth-order valence-electron chi connectivity index (χ4n) is 2.50. The molecule has 2 unspecified atom stereocenters. The molecule has 2 rings (SSSR count). The molecule has 0 spiro atoms. The van der Waals surface area contributed by atoms with E-state index < -0.39 is 6.00 Å². The van der Waals surface area contributed by atoms with Crippen molar-refractivity contribution in [2.24, 2.45) is 5.92 Å². The van der Waals surface area contributed by atoms with E-state index in [9.17, 15) is 10.3 Å². The summed E-state index contributed by atoms with van der Waals surface area (Å²) in [4.78, 5) is 1.30. The molecule has 1 aliphatic heterocycles. The van der Waals surface area contributed by atoms with Gasteiger partial charge in [0.05, 0.1) is 6.00 Å². The van der Waals surface area contributed by atoms with Crippen LogP contribution in [0.1, 0.15) is 26.2 Å². The Labute approximate surface area is 117 Å². The van der Waals surface area contributed by atoms with E-state index in [4.69, 9.17) is 0 Å². The minimum absolute atomic E-state index is 0.314. The Hall–Kier alpha value is -0.355. The van der Waals surface area contributed by atoms with Crippen molar-refractivity contribution in [1.82, 2.24) is 4.97 Å². The highest BCUT2D eigenvalue weighted by molar-refractivity contribution is 9.10. The van der Waals surface area contributed by atoms with Gasteiger partial charge in [-0.2, -0.15) is 0 Å². The zero-order valence-corrected chi connectivity index (χ0v) is 12.2. The molecule has 18 heavy (non-hydrogen) atoms. The summed E-state index contributed by atoms with van der Waals surface area (Å²) in [5.74, 6) is 0.556. The molecule has 1 saturated heterocycles. The zero-order valence-electron chi connectivity index (χ0n) is 10.6. The van der Waals surface area contributed by atoms with E-state index in [-0.39, 0.29) is 6.85 Å². The molecule has 5 heteroatoms. The first-order chi connectivity index (χ1) is 8.58. The first-order valence-electron chi connectivity index (χ1n) is 6.47. The maximum Gasteiger partial charge on any atom is 0.317 e. The number of hydrogen-bond acceptors (Lipinski definition) is 3. The van der Waals surface area contributed by atoms with Gasteiger partial charge in [0, 0.05) is 11.0 Å². The summed E-state index contributed by atoms with van der Waals surface area (Å²) in [6.45, 7) is 2.46. The molecule has 1 heterocycles. The maximum atomic E-state index is 10.3. The largest absolute Gasteiger partial charge is 0.399 e. The van der Waals surface area contributed by atoms with Gasteiger partial charge < -0.3 is 10.3 Å². The van der Waals surface area contributed by atoms with Gasteiger partial charge in [-0.05, 0) is 37.3 Å². The Morgan fingerprint density at radius 1 is 1.22 bits per heavy atom. The molecule has 98 valence electrons. The van der Waals surface area contributed by atoms with Crippen LogP contribution in [0.25, 0.3) is 0 Å². The van der Waals surface area contributed by atoms with Crippen LogP contribution in [-0.4, -0.2) is 34.7 Å². The summed E-state index contributed by atoms with van der Waals surface area (Å²) in [6, 6.07) is 7.27. The van der Waals surface area contributed by atoms with Gasteiger partial charge >= 0.3 is 6.85 Å². The third kappa shape index (κ3) is 3.35. The van der Waals surface area contributed by atoms with Crippen molar-refractivity contribution in [1.29, 1.82) is 0 Å². The average molecular weight is 312 g/mol. The van der Waals surface area contributed by atoms with Gasteiger partial charge in [-0.3, -0.25) is 0 Å². The van der Waals surface area contributed by atoms with E-state index in [1.807, 2.05) is 24.3 Å². The molecule has 0 saturated carbocycles. The summed E-state index contributed by atoms with van der Waals surface area (Å²) in [7, 11) is 0. The van der Waals surface area contributed by atoms with Crippen molar-refractivity contribution in [3.63, 3.8) is 0 Å². The van der Waals surface area contributed by atoms with Crippen LogP contribution in [0, 0.1) is 5.92 Å². The monoisotopic (exact) mass is 311 g/mol. The lowest BCUT2D eigenvalue weighted by Gasteiger charge is -2.31. The van der Waals surface area contributed by atoms with E-state index in [1.54, 1.807) is 0 Å². The lowest BCUT2D eigenvalue weighted by Crippen LogP contribution is -2.56. The number of benzene rings is 1. The van der Waals surface area contributed by atoms with Crippen LogP contribution in [0.2, 0.25) is 0 Å². The topological polar surface area (TPSA) is 43.7 Å². The molecule has 1 aliphatic rings. The predicted molar refractivity (Wildman–Crippen MR) is 77.0 cm³/mol. The summed E-state index contributed by atoms with van der Waals surface area (Å²) in [5.41, 5.74) is 0.961. The summed E-state index contributed by atoms with van der Waals surface area (Å²) >= 11 is 3.40. The number of rotatable bonds is 1. The average Bonchev–Trinajstić information content (AvgIpc) is 2.35. The van der Waals surface area contributed by atoms with Crippen molar-refractivity contribution in [3.8, 4) is 0 Å². The Kier molecular flexibility index (Phi) is 4.84. The number of nitrogens with zero attached hydrogens (tertiary/aromatic N) is 1. The zero-order chi connectivity index (χ0) is 13.1. The first-order valence-corrected chi connectivity index (χ1v) is 7.26. The molecule has 0 radical (unpaired) electrons. The molecule has 2 atom stereocenters. The van der Waals surface area contributed by atoms with E-state index in [0.29, 0.717) is 12.5 Å². The molecule has 0 bridgehead atoms. The fourth-order valence-corrected chi connectivity index (χ4v) is 2.77. The van der Waals surface area contributed by atoms with Gasteiger partial charge in [-0.1, -0.05) is 40.4 Å². The van der Waals surface area contributed by atoms with Crippen LogP contribution in [0.15, 0.2) is 28.7 Å². The lowest BCUT2D eigenvalue weighted by atomic mass is 9.49. The summed E-state index contributed by atoms with van der Waals surface area (Å²) in [6.07, 6.45) is 2.72. The van der Waals surface area contributed by atoms with Gasteiger partial charge in [-0.15, -0.1) is 0 Å². The Morgan fingerprint density at radius 2 is 1.89 bits per heavy atom. The molecule has 1 aromatic carbocycles. The van der Waals surface area contributed by atoms with Crippen LogP contribution in [0.3, 0.4) is 0 Å². The number of hydroxylamine groups is 1. The molecule has 1 aromatic rings. The van der Waals surface area contributed by atoms with Crippen molar-refractivity contribution in [2.45, 2.75) is 32.2 Å². The van der Waals surface area contributed by atoms with Gasteiger partial charge in [0.1, 0.15) is 0 Å². The SMILES string of the molecule is CC1CCC(O)B(c2ccc(Br)cc2)N(O)CC1. The van der Waals surface area contributed by atoms with Crippen molar-refractivity contribution >= 4 is 28.2 Å². The second kappa shape index (κ2) is 6.19. The summed E-state index contributed by atoms with van der Waals surface area (Å²) in [5, 5.41) is 20.4.